The molecule has 2 bridgehead atoms. The second kappa shape index (κ2) is 4.38. The van der Waals surface area contributed by atoms with Crippen molar-refractivity contribution in [3.63, 3.8) is 0 Å². The van der Waals surface area contributed by atoms with Crippen molar-refractivity contribution >= 4 is 17.4 Å². The lowest BCUT2D eigenvalue weighted by molar-refractivity contribution is -0.480. The zero-order chi connectivity index (χ0) is 15.8. The van der Waals surface area contributed by atoms with Crippen LogP contribution >= 0.6 is 12.2 Å². The van der Waals surface area contributed by atoms with Gasteiger partial charge in [-0.3, -0.25) is 0 Å². The van der Waals surface area contributed by atoms with Crippen LogP contribution in [0.1, 0.15) is 53.4 Å². The van der Waals surface area contributed by atoms with Crippen molar-refractivity contribution in [1.82, 2.24) is 0 Å². The zero-order valence-electron chi connectivity index (χ0n) is 13.5. The van der Waals surface area contributed by atoms with E-state index in [-0.39, 0.29) is 17.4 Å². The van der Waals surface area contributed by atoms with Crippen molar-refractivity contribution in [2.75, 3.05) is 0 Å². The van der Waals surface area contributed by atoms with Crippen LogP contribution in [0.15, 0.2) is 4.99 Å². The molecule has 1 aliphatic carbocycles. The maximum Gasteiger partial charge on any atom is 0.224 e. The fourth-order valence-electron chi connectivity index (χ4n) is 5.30. The molecule has 4 aliphatic rings. The van der Waals surface area contributed by atoms with E-state index in [9.17, 15) is 0 Å². The molecule has 5 nitrogen and oxygen atoms in total. The maximum atomic E-state index is 6.57. The van der Waals surface area contributed by atoms with Crippen molar-refractivity contribution < 1.29 is 19.2 Å². The number of aliphatic imine (C=N–C) groups is 1. The molecule has 4 rings (SSSR count). The lowest BCUT2D eigenvalue weighted by atomic mass is 9.54. The average Bonchev–Trinajstić information content (AvgIpc) is 2.63. The molecule has 0 aromatic carbocycles. The summed E-state index contributed by atoms with van der Waals surface area (Å²) in [7, 11) is 0. The van der Waals surface area contributed by atoms with E-state index >= 15 is 0 Å². The molecule has 3 heterocycles. The van der Waals surface area contributed by atoms with Gasteiger partial charge in [0.1, 0.15) is 11.2 Å². The molecule has 3 aliphatic heterocycles. The average molecular weight is 325 g/mol. The largest absolute Gasteiger partial charge is 0.337 e. The van der Waals surface area contributed by atoms with Crippen LogP contribution in [-0.2, 0) is 19.2 Å². The number of hydrogen-bond acceptors (Lipinski definition) is 6. The van der Waals surface area contributed by atoms with Crippen LogP contribution in [0.4, 0.5) is 0 Å². The lowest BCUT2D eigenvalue weighted by Gasteiger charge is -2.60. The summed E-state index contributed by atoms with van der Waals surface area (Å²) in [4.78, 5) is 15.9. The highest BCUT2D eigenvalue weighted by Gasteiger charge is 2.75. The van der Waals surface area contributed by atoms with Gasteiger partial charge in [-0.2, -0.15) is 0 Å². The highest BCUT2D eigenvalue weighted by Crippen LogP contribution is 2.65. The predicted molar refractivity (Wildman–Crippen MR) is 82.2 cm³/mol. The zero-order valence-corrected chi connectivity index (χ0v) is 14.4. The van der Waals surface area contributed by atoms with E-state index in [4.69, 9.17) is 31.5 Å². The van der Waals surface area contributed by atoms with E-state index in [0.717, 1.165) is 25.7 Å². The van der Waals surface area contributed by atoms with Crippen LogP contribution in [-0.4, -0.2) is 34.0 Å². The summed E-state index contributed by atoms with van der Waals surface area (Å²) in [6, 6.07) is 0. The first kappa shape index (κ1) is 15.2. The smallest absolute Gasteiger partial charge is 0.224 e. The molecule has 6 atom stereocenters. The Morgan fingerprint density at radius 2 is 1.82 bits per heavy atom. The maximum absolute atomic E-state index is 6.57. The highest BCUT2D eigenvalue weighted by atomic mass is 32.1. The second-order valence-corrected chi connectivity index (χ2v) is 8.25. The molecular formula is C16H23NO4S. The van der Waals surface area contributed by atoms with Crippen molar-refractivity contribution in [2.24, 2.45) is 16.8 Å². The fourth-order valence-corrected chi connectivity index (χ4v) is 5.51. The van der Waals surface area contributed by atoms with Gasteiger partial charge in [0.2, 0.25) is 6.29 Å². The van der Waals surface area contributed by atoms with Crippen molar-refractivity contribution in [2.45, 2.75) is 82.2 Å². The van der Waals surface area contributed by atoms with Gasteiger partial charge in [0, 0.05) is 18.3 Å². The number of nitrogens with zero attached hydrogens (tertiary/aromatic N) is 1. The Kier molecular flexibility index (Phi) is 3.02. The first-order chi connectivity index (χ1) is 10.3. The molecule has 122 valence electrons. The summed E-state index contributed by atoms with van der Waals surface area (Å²) >= 11 is 4.90. The van der Waals surface area contributed by atoms with Gasteiger partial charge < -0.3 is 9.47 Å². The Labute approximate surface area is 136 Å². The number of hydrogen-bond donors (Lipinski definition) is 0. The molecule has 0 amide bonds. The predicted octanol–water partition coefficient (Wildman–Crippen LogP) is 3.24. The van der Waals surface area contributed by atoms with Crippen LogP contribution in [0, 0.1) is 11.8 Å². The molecule has 0 N–H and O–H groups in total. The Balaban J connectivity index is 1.87. The number of ether oxygens (including phenoxy) is 2. The van der Waals surface area contributed by atoms with Crippen LogP contribution in [0.25, 0.3) is 0 Å². The summed E-state index contributed by atoms with van der Waals surface area (Å²) in [5.41, 5.74) is -1.21. The third-order valence-corrected chi connectivity index (χ3v) is 6.37. The Morgan fingerprint density at radius 1 is 1.09 bits per heavy atom. The van der Waals surface area contributed by atoms with Gasteiger partial charge in [0.05, 0.1) is 10.7 Å². The molecule has 1 saturated carbocycles. The minimum atomic E-state index is -0.594. The monoisotopic (exact) mass is 325 g/mol. The van der Waals surface area contributed by atoms with Gasteiger partial charge in [0.15, 0.2) is 5.79 Å². The number of thiocarbonyl (C=S) groups is 1. The summed E-state index contributed by atoms with van der Waals surface area (Å²) in [6.07, 6.45) is 3.21. The summed E-state index contributed by atoms with van der Waals surface area (Å²) in [5.74, 6) is -0.194. The first-order valence-electron chi connectivity index (χ1n) is 8.07. The molecule has 3 saturated heterocycles. The van der Waals surface area contributed by atoms with Gasteiger partial charge in [-0.1, -0.05) is 0 Å². The molecule has 0 aromatic rings. The van der Waals surface area contributed by atoms with Crippen molar-refractivity contribution in [3.8, 4) is 0 Å². The molecule has 0 aromatic heterocycles. The third-order valence-electron chi connectivity index (χ3n) is 6.27. The molecule has 4 fully saturated rings. The molecule has 22 heavy (non-hydrogen) atoms. The number of rotatable bonds is 1. The lowest BCUT2D eigenvalue weighted by Crippen LogP contribution is -2.71. The van der Waals surface area contributed by atoms with Gasteiger partial charge >= 0.3 is 0 Å². The van der Waals surface area contributed by atoms with E-state index in [1.165, 1.54) is 0 Å². The van der Waals surface area contributed by atoms with Gasteiger partial charge in [-0.05, 0) is 59.2 Å². The number of fused-ring (bicyclic) bond motifs is 1. The van der Waals surface area contributed by atoms with E-state index < -0.39 is 23.3 Å². The van der Waals surface area contributed by atoms with E-state index in [1.807, 2.05) is 6.92 Å². The Bertz CT molecular complexity index is 562. The standard InChI is InChI=1S/C16H23NO4S/c1-13(2)10-5-7-14(3,17-9-22)11-6-8-15(4)18-12(19-21-13)16(10,11)20-15/h10-12H,5-8H2,1-4H3/t10-,11-,12-,14-,15+,16-/m0/s1. The number of isothiocyanates is 1. The quantitative estimate of drug-likeness (QED) is 0.421. The molecule has 0 unspecified atom stereocenters. The third kappa shape index (κ3) is 1.74. The van der Waals surface area contributed by atoms with Crippen molar-refractivity contribution in [3.05, 3.63) is 0 Å². The summed E-state index contributed by atoms with van der Waals surface area (Å²) in [5, 5.41) is 2.60. The minimum absolute atomic E-state index is 0.193. The first-order valence-corrected chi connectivity index (χ1v) is 8.48. The minimum Gasteiger partial charge on any atom is -0.337 e. The Morgan fingerprint density at radius 3 is 2.55 bits per heavy atom. The topological polar surface area (TPSA) is 49.3 Å². The van der Waals surface area contributed by atoms with Crippen molar-refractivity contribution in [1.29, 1.82) is 0 Å². The van der Waals surface area contributed by atoms with E-state index in [0.29, 0.717) is 0 Å². The van der Waals surface area contributed by atoms with Gasteiger partial charge in [0.25, 0.3) is 0 Å². The van der Waals surface area contributed by atoms with Crippen LogP contribution in [0.3, 0.4) is 0 Å². The molecule has 0 radical (unpaired) electrons. The molecular weight excluding hydrogens is 302 g/mol. The van der Waals surface area contributed by atoms with E-state index in [1.54, 1.807) is 0 Å². The van der Waals surface area contributed by atoms with Crippen LogP contribution in [0.5, 0.6) is 0 Å². The van der Waals surface area contributed by atoms with Gasteiger partial charge in [-0.25, -0.2) is 14.8 Å². The molecule has 1 spiro atoms. The molecule has 6 heteroatoms. The van der Waals surface area contributed by atoms with Crippen LogP contribution in [0.2, 0.25) is 0 Å². The Hall–Kier alpha value is -0.360. The normalized spacial score (nSPS) is 55.2. The van der Waals surface area contributed by atoms with E-state index in [2.05, 4.69) is 30.9 Å². The SMILES string of the molecule is CC1(C)OO[C@@H]2O[C@@]3(C)CC[C@@H]4[C@@]2(O3)[C@H]1CC[C@]4(C)N=C=S. The second-order valence-electron chi connectivity index (χ2n) is 8.06. The van der Waals surface area contributed by atoms with Crippen LogP contribution < -0.4 is 0 Å². The fraction of sp³-hybridized carbons (Fsp3) is 0.938. The summed E-state index contributed by atoms with van der Waals surface area (Å²) in [6.45, 7) is 8.29. The summed E-state index contributed by atoms with van der Waals surface area (Å²) < 4.78 is 12.7. The van der Waals surface area contributed by atoms with Gasteiger partial charge in [-0.15, -0.1) is 0 Å². The highest BCUT2D eigenvalue weighted by molar-refractivity contribution is 7.78.